The number of hydrogen-bond donors (Lipinski definition) is 1. The van der Waals surface area contributed by atoms with Gasteiger partial charge in [0.05, 0.1) is 12.3 Å². The molecule has 2 aromatic rings. The second-order valence-electron chi connectivity index (χ2n) is 3.89. The number of rotatable bonds is 4. The third-order valence-corrected chi connectivity index (χ3v) is 3.16. The maximum absolute atomic E-state index is 9.38. The zero-order chi connectivity index (χ0) is 12.3. The van der Waals surface area contributed by atoms with Gasteiger partial charge in [0, 0.05) is 28.9 Å². The molecule has 0 aliphatic heterocycles. The van der Waals surface area contributed by atoms with Crippen molar-refractivity contribution in [3.05, 3.63) is 46.5 Å². The maximum atomic E-state index is 9.38. The normalized spacial score (nSPS) is 10.8. The van der Waals surface area contributed by atoms with Crippen LogP contribution in [0.2, 0.25) is 0 Å². The fraction of sp³-hybridized carbons (Fsp3) is 0.308. The quantitative estimate of drug-likeness (QED) is 0.941. The molecule has 1 aromatic heterocycles. The Morgan fingerprint density at radius 1 is 1.41 bits per heavy atom. The van der Waals surface area contributed by atoms with Gasteiger partial charge in [-0.1, -0.05) is 28.9 Å². The highest BCUT2D eigenvalue weighted by Gasteiger charge is 2.08. The fourth-order valence-electron chi connectivity index (χ4n) is 1.86. The Bertz CT molecular complexity index is 508. The van der Waals surface area contributed by atoms with Gasteiger partial charge in [-0.2, -0.15) is 0 Å². The van der Waals surface area contributed by atoms with Gasteiger partial charge >= 0.3 is 0 Å². The Balaban J connectivity index is 2.51. The highest BCUT2D eigenvalue weighted by molar-refractivity contribution is 9.10. The summed E-state index contributed by atoms with van der Waals surface area (Å²) in [5.74, 6) is 1.03. The molecule has 0 fully saturated rings. The van der Waals surface area contributed by atoms with E-state index in [1.807, 2.05) is 29.0 Å². The second-order valence-corrected chi connectivity index (χ2v) is 4.81. The maximum Gasteiger partial charge on any atom is 0.113 e. The van der Waals surface area contributed by atoms with Crippen molar-refractivity contribution in [3.63, 3.8) is 0 Å². The lowest BCUT2D eigenvalue weighted by Gasteiger charge is -2.12. The van der Waals surface area contributed by atoms with Crippen LogP contribution in [0.25, 0.3) is 5.69 Å². The molecule has 0 radical (unpaired) electrons. The lowest BCUT2D eigenvalue weighted by molar-refractivity contribution is 0.281. The Kier molecular flexibility index (Phi) is 3.97. The van der Waals surface area contributed by atoms with Crippen LogP contribution in [0.5, 0.6) is 0 Å². The average molecular weight is 295 g/mol. The first-order valence-corrected chi connectivity index (χ1v) is 6.47. The van der Waals surface area contributed by atoms with Crippen LogP contribution in [0.15, 0.2) is 35.1 Å². The number of aromatic nitrogens is 2. The van der Waals surface area contributed by atoms with Crippen molar-refractivity contribution < 1.29 is 5.11 Å². The van der Waals surface area contributed by atoms with Gasteiger partial charge in [0.25, 0.3) is 0 Å². The van der Waals surface area contributed by atoms with Crippen LogP contribution >= 0.6 is 15.9 Å². The van der Waals surface area contributed by atoms with Crippen molar-refractivity contribution in [2.24, 2.45) is 0 Å². The van der Waals surface area contributed by atoms with Crippen LogP contribution in [0.3, 0.4) is 0 Å². The van der Waals surface area contributed by atoms with Gasteiger partial charge in [0.15, 0.2) is 0 Å². The third-order valence-electron chi connectivity index (χ3n) is 2.67. The Labute approximate surface area is 109 Å². The summed E-state index contributed by atoms with van der Waals surface area (Å²) < 4.78 is 3.04. The van der Waals surface area contributed by atoms with Gasteiger partial charge in [0.1, 0.15) is 5.82 Å². The fourth-order valence-corrected chi connectivity index (χ4v) is 2.21. The van der Waals surface area contributed by atoms with E-state index in [1.54, 1.807) is 6.20 Å². The molecule has 90 valence electrons. The van der Waals surface area contributed by atoms with Crippen LogP contribution in [0.4, 0.5) is 0 Å². The zero-order valence-corrected chi connectivity index (χ0v) is 11.3. The van der Waals surface area contributed by atoms with Crippen LogP contribution in [0, 0.1) is 0 Å². The highest BCUT2D eigenvalue weighted by Crippen LogP contribution is 2.22. The Morgan fingerprint density at radius 2 is 2.24 bits per heavy atom. The third kappa shape index (κ3) is 2.58. The largest absolute Gasteiger partial charge is 0.392 e. The number of hydrogen-bond acceptors (Lipinski definition) is 2. The van der Waals surface area contributed by atoms with Crippen molar-refractivity contribution in [2.45, 2.75) is 26.4 Å². The first kappa shape index (κ1) is 12.3. The van der Waals surface area contributed by atoms with E-state index in [2.05, 4.69) is 27.8 Å². The average Bonchev–Trinajstić information content (AvgIpc) is 2.77. The van der Waals surface area contributed by atoms with Gasteiger partial charge in [-0.05, 0) is 18.6 Å². The summed E-state index contributed by atoms with van der Waals surface area (Å²) in [5, 5.41) is 9.38. The van der Waals surface area contributed by atoms with Crippen LogP contribution < -0.4 is 0 Å². The minimum Gasteiger partial charge on any atom is -0.392 e. The molecule has 0 aliphatic rings. The summed E-state index contributed by atoms with van der Waals surface area (Å²) in [6.07, 6.45) is 5.73. The van der Waals surface area contributed by atoms with Gasteiger partial charge < -0.3 is 9.67 Å². The molecule has 1 aromatic carbocycles. The monoisotopic (exact) mass is 294 g/mol. The Hall–Kier alpha value is -1.13. The molecule has 4 heteroatoms. The summed E-state index contributed by atoms with van der Waals surface area (Å²) in [4.78, 5) is 4.35. The molecular weight excluding hydrogens is 280 g/mol. The molecule has 0 atom stereocenters. The van der Waals surface area contributed by atoms with Crippen molar-refractivity contribution in [3.8, 4) is 5.69 Å². The van der Waals surface area contributed by atoms with Crippen molar-refractivity contribution in [1.82, 2.24) is 9.55 Å². The molecule has 3 nitrogen and oxygen atoms in total. The van der Waals surface area contributed by atoms with E-state index < -0.39 is 0 Å². The molecular formula is C13H15BrN2O. The smallest absolute Gasteiger partial charge is 0.113 e. The lowest BCUT2D eigenvalue weighted by Crippen LogP contribution is -2.04. The van der Waals surface area contributed by atoms with Crippen molar-refractivity contribution in [2.75, 3.05) is 0 Å². The Morgan fingerprint density at radius 3 is 2.94 bits per heavy atom. The molecule has 1 heterocycles. The number of imidazole rings is 1. The molecule has 0 bridgehead atoms. The lowest BCUT2D eigenvalue weighted by atomic mass is 10.2. The first-order valence-electron chi connectivity index (χ1n) is 5.68. The number of benzene rings is 1. The number of aryl methyl sites for hydroxylation is 1. The molecule has 1 N–H and O–H groups in total. The van der Waals surface area contributed by atoms with E-state index in [-0.39, 0.29) is 6.61 Å². The summed E-state index contributed by atoms with van der Waals surface area (Å²) in [5.41, 5.74) is 1.89. The summed E-state index contributed by atoms with van der Waals surface area (Å²) >= 11 is 3.46. The molecule has 0 saturated carbocycles. The topological polar surface area (TPSA) is 38.0 Å². The molecule has 0 aliphatic carbocycles. The number of aliphatic hydroxyl groups is 1. The summed E-state index contributed by atoms with van der Waals surface area (Å²) in [7, 11) is 0. The first-order chi connectivity index (χ1) is 8.26. The molecule has 0 unspecified atom stereocenters. The van der Waals surface area contributed by atoms with Crippen LogP contribution in [-0.4, -0.2) is 14.7 Å². The highest BCUT2D eigenvalue weighted by atomic mass is 79.9. The van der Waals surface area contributed by atoms with E-state index >= 15 is 0 Å². The molecule has 0 saturated heterocycles. The predicted octanol–water partition coefficient (Wildman–Crippen LogP) is 3.08. The SMILES string of the molecule is CCCc1nccn1-c1cc(Br)ccc1CO. The van der Waals surface area contributed by atoms with E-state index in [1.165, 1.54) is 0 Å². The molecule has 0 spiro atoms. The zero-order valence-electron chi connectivity index (χ0n) is 9.73. The molecule has 2 rings (SSSR count). The van der Waals surface area contributed by atoms with E-state index in [9.17, 15) is 5.11 Å². The van der Waals surface area contributed by atoms with Crippen LogP contribution in [-0.2, 0) is 13.0 Å². The van der Waals surface area contributed by atoms with E-state index in [0.29, 0.717) is 0 Å². The summed E-state index contributed by atoms with van der Waals surface area (Å²) in [6.45, 7) is 2.17. The summed E-state index contributed by atoms with van der Waals surface area (Å²) in [6, 6.07) is 5.87. The van der Waals surface area contributed by atoms with Gasteiger partial charge in [-0.3, -0.25) is 0 Å². The number of nitrogens with zero attached hydrogens (tertiary/aromatic N) is 2. The van der Waals surface area contributed by atoms with Crippen LogP contribution in [0.1, 0.15) is 24.7 Å². The minimum absolute atomic E-state index is 0.0341. The molecule has 17 heavy (non-hydrogen) atoms. The van der Waals surface area contributed by atoms with E-state index in [0.717, 1.165) is 34.4 Å². The molecule has 0 amide bonds. The second kappa shape index (κ2) is 5.47. The standard InChI is InChI=1S/C13H15BrN2O/c1-2-3-13-15-6-7-16(13)12-8-11(14)5-4-10(12)9-17/h4-8,17H,2-3,9H2,1H3. The number of aliphatic hydroxyl groups excluding tert-OH is 1. The van der Waals surface area contributed by atoms with E-state index in [4.69, 9.17) is 0 Å². The van der Waals surface area contributed by atoms with Crippen molar-refractivity contribution >= 4 is 15.9 Å². The van der Waals surface area contributed by atoms with Crippen molar-refractivity contribution in [1.29, 1.82) is 0 Å². The predicted molar refractivity (Wildman–Crippen MR) is 71.2 cm³/mol. The van der Waals surface area contributed by atoms with Gasteiger partial charge in [-0.15, -0.1) is 0 Å². The minimum atomic E-state index is 0.0341. The van der Waals surface area contributed by atoms with Gasteiger partial charge in [0.2, 0.25) is 0 Å². The van der Waals surface area contributed by atoms with Gasteiger partial charge in [-0.25, -0.2) is 4.98 Å². The number of halogens is 1.